The Labute approximate surface area is 133 Å². The monoisotopic (exact) mass is 316 g/mol. The molecule has 0 atom stereocenters. The Morgan fingerprint density at radius 1 is 0.773 bits per heavy atom. The summed E-state index contributed by atoms with van der Waals surface area (Å²) in [5, 5.41) is 20.4. The van der Waals surface area contributed by atoms with Gasteiger partial charge in [-0.2, -0.15) is 0 Å². The van der Waals surface area contributed by atoms with Crippen LogP contribution >= 0.6 is 0 Å². The standard InChI is InChI=1S/C18H20O3S/c1-9(2)11-7-17-13(5-15(11)19)14-6-16(20)12(10(3)4)8-18(14)22(17)21/h5-10,19-20H,1-4H3. The molecule has 0 bridgehead atoms. The zero-order valence-corrected chi connectivity index (χ0v) is 14.0. The molecule has 116 valence electrons. The molecule has 0 spiro atoms. The molecule has 3 rings (SSSR count). The van der Waals surface area contributed by atoms with Crippen LogP contribution in [-0.4, -0.2) is 14.4 Å². The maximum absolute atomic E-state index is 12.8. The third-order valence-electron chi connectivity index (χ3n) is 4.19. The van der Waals surface area contributed by atoms with Crippen LogP contribution in [0.15, 0.2) is 34.1 Å². The fourth-order valence-electron chi connectivity index (χ4n) is 2.94. The highest BCUT2D eigenvalue weighted by atomic mass is 32.2. The molecule has 0 aliphatic carbocycles. The van der Waals surface area contributed by atoms with E-state index in [0.717, 1.165) is 32.0 Å². The van der Waals surface area contributed by atoms with E-state index in [-0.39, 0.29) is 23.3 Å². The minimum absolute atomic E-state index is 0.158. The van der Waals surface area contributed by atoms with Crippen LogP contribution in [0, 0.1) is 0 Å². The molecule has 0 saturated carbocycles. The van der Waals surface area contributed by atoms with E-state index in [2.05, 4.69) is 0 Å². The second-order valence-corrected chi connectivity index (χ2v) is 7.81. The fourth-order valence-corrected chi connectivity index (χ4v) is 4.38. The van der Waals surface area contributed by atoms with Crippen LogP contribution < -0.4 is 0 Å². The molecule has 1 heterocycles. The summed E-state index contributed by atoms with van der Waals surface area (Å²) >= 11 is 0. The molecule has 0 amide bonds. The zero-order valence-electron chi connectivity index (χ0n) is 13.2. The van der Waals surface area contributed by atoms with Crippen molar-refractivity contribution in [1.29, 1.82) is 0 Å². The summed E-state index contributed by atoms with van der Waals surface area (Å²) in [5.74, 6) is 0.744. The van der Waals surface area contributed by atoms with Crippen molar-refractivity contribution < 1.29 is 14.4 Å². The van der Waals surface area contributed by atoms with E-state index in [1.54, 1.807) is 12.1 Å². The number of fused-ring (bicyclic) bond motifs is 3. The molecule has 2 aromatic carbocycles. The normalized spacial score (nSPS) is 13.7. The molecule has 0 aromatic heterocycles. The maximum Gasteiger partial charge on any atom is 0.119 e. The van der Waals surface area contributed by atoms with Gasteiger partial charge in [-0.05, 0) is 47.2 Å². The van der Waals surface area contributed by atoms with Gasteiger partial charge in [0.05, 0.1) is 20.6 Å². The van der Waals surface area contributed by atoms with Crippen molar-refractivity contribution in [3.05, 3.63) is 35.4 Å². The van der Waals surface area contributed by atoms with Gasteiger partial charge in [-0.1, -0.05) is 27.7 Å². The summed E-state index contributed by atoms with van der Waals surface area (Å²) in [6.45, 7) is 7.98. The molecule has 1 aliphatic heterocycles. The lowest BCUT2D eigenvalue weighted by Crippen LogP contribution is -1.93. The van der Waals surface area contributed by atoms with E-state index in [1.165, 1.54) is 0 Å². The van der Waals surface area contributed by atoms with Crippen molar-refractivity contribution >= 4 is 10.8 Å². The highest BCUT2D eigenvalue weighted by Gasteiger charge is 2.29. The van der Waals surface area contributed by atoms with E-state index in [1.807, 2.05) is 39.8 Å². The molecule has 1 aliphatic rings. The summed E-state index contributed by atoms with van der Waals surface area (Å²) in [6.07, 6.45) is 0. The van der Waals surface area contributed by atoms with E-state index >= 15 is 0 Å². The van der Waals surface area contributed by atoms with Crippen LogP contribution in [0.2, 0.25) is 0 Å². The van der Waals surface area contributed by atoms with Crippen LogP contribution in [0.1, 0.15) is 50.7 Å². The maximum atomic E-state index is 12.8. The van der Waals surface area contributed by atoms with Crippen LogP contribution in [0.4, 0.5) is 0 Å². The number of hydrogen-bond donors (Lipinski definition) is 2. The van der Waals surface area contributed by atoms with Crippen molar-refractivity contribution in [1.82, 2.24) is 0 Å². The highest BCUT2D eigenvalue weighted by Crippen LogP contribution is 2.47. The number of hydrogen-bond acceptors (Lipinski definition) is 3. The first-order valence-electron chi connectivity index (χ1n) is 7.47. The van der Waals surface area contributed by atoms with Gasteiger partial charge in [0, 0.05) is 11.1 Å². The van der Waals surface area contributed by atoms with E-state index in [4.69, 9.17) is 0 Å². The topological polar surface area (TPSA) is 57.5 Å². The molecule has 22 heavy (non-hydrogen) atoms. The Balaban J connectivity index is 2.25. The molecular weight excluding hydrogens is 296 g/mol. The smallest absolute Gasteiger partial charge is 0.119 e. The van der Waals surface area contributed by atoms with Crippen molar-refractivity contribution in [3.63, 3.8) is 0 Å². The molecule has 0 unspecified atom stereocenters. The van der Waals surface area contributed by atoms with Crippen molar-refractivity contribution in [2.45, 2.75) is 49.3 Å². The Morgan fingerprint density at radius 2 is 1.14 bits per heavy atom. The number of rotatable bonds is 2. The highest BCUT2D eigenvalue weighted by molar-refractivity contribution is 7.85. The van der Waals surface area contributed by atoms with Gasteiger partial charge < -0.3 is 10.2 Å². The summed E-state index contributed by atoms with van der Waals surface area (Å²) in [6, 6.07) is 7.00. The minimum atomic E-state index is -1.27. The predicted molar refractivity (Wildman–Crippen MR) is 88.1 cm³/mol. The third kappa shape index (κ3) is 2.13. The van der Waals surface area contributed by atoms with E-state index in [9.17, 15) is 14.4 Å². The van der Waals surface area contributed by atoms with Crippen molar-refractivity contribution in [2.75, 3.05) is 0 Å². The predicted octanol–water partition coefficient (Wildman–Crippen LogP) is 4.49. The molecule has 3 nitrogen and oxygen atoms in total. The molecular formula is C18H20O3S. The first-order valence-corrected chi connectivity index (χ1v) is 8.62. The van der Waals surface area contributed by atoms with Gasteiger partial charge in [-0.15, -0.1) is 0 Å². The Morgan fingerprint density at radius 3 is 1.45 bits per heavy atom. The molecule has 0 radical (unpaired) electrons. The first-order chi connectivity index (χ1) is 10.3. The number of phenols is 2. The van der Waals surface area contributed by atoms with Crippen molar-refractivity contribution in [2.24, 2.45) is 0 Å². The second kappa shape index (κ2) is 5.13. The minimum Gasteiger partial charge on any atom is -0.508 e. The van der Waals surface area contributed by atoms with Crippen LogP contribution in [-0.2, 0) is 10.8 Å². The van der Waals surface area contributed by atoms with Gasteiger partial charge in [0.2, 0.25) is 0 Å². The van der Waals surface area contributed by atoms with Gasteiger partial charge in [-0.25, -0.2) is 4.21 Å². The van der Waals surface area contributed by atoms with Gasteiger partial charge in [0.15, 0.2) is 0 Å². The van der Waals surface area contributed by atoms with Crippen LogP contribution in [0.5, 0.6) is 11.5 Å². The number of benzene rings is 2. The fraction of sp³-hybridized carbons (Fsp3) is 0.333. The van der Waals surface area contributed by atoms with Gasteiger partial charge in [-0.3, -0.25) is 0 Å². The average Bonchev–Trinajstić information content (AvgIpc) is 2.69. The SMILES string of the molecule is CC(C)c1cc2c(cc1O)-c1cc(O)c(C(C)C)cc1S2=O. The quantitative estimate of drug-likeness (QED) is 0.732. The van der Waals surface area contributed by atoms with Gasteiger partial charge in [0.25, 0.3) is 0 Å². The zero-order chi connectivity index (χ0) is 16.2. The summed E-state index contributed by atoms with van der Waals surface area (Å²) in [4.78, 5) is 1.44. The third-order valence-corrected chi connectivity index (χ3v) is 5.67. The Bertz CT molecular complexity index is 726. The molecule has 0 saturated heterocycles. The molecule has 0 fully saturated rings. The van der Waals surface area contributed by atoms with Gasteiger partial charge >= 0.3 is 0 Å². The largest absolute Gasteiger partial charge is 0.508 e. The van der Waals surface area contributed by atoms with E-state index < -0.39 is 10.8 Å². The first kappa shape index (κ1) is 15.1. The summed E-state index contributed by atoms with van der Waals surface area (Å²) in [7, 11) is -1.27. The average molecular weight is 316 g/mol. The molecule has 2 N–H and O–H groups in total. The number of aromatic hydroxyl groups is 2. The Hall–Kier alpha value is -1.81. The Kier molecular flexibility index (Phi) is 3.52. The lowest BCUT2D eigenvalue weighted by molar-refractivity contribution is 0.463. The van der Waals surface area contributed by atoms with Crippen LogP contribution in [0.3, 0.4) is 0 Å². The molecule has 4 heteroatoms. The van der Waals surface area contributed by atoms with E-state index in [0.29, 0.717) is 0 Å². The lowest BCUT2D eigenvalue weighted by atomic mass is 9.95. The van der Waals surface area contributed by atoms with Crippen LogP contribution in [0.25, 0.3) is 11.1 Å². The number of phenolic OH excluding ortho intramolecular Hbond substituents is 2. The summed E-state index contributed by atoms with van der Waals surface area (Å²) in [5.41, 5.74) is 3.10. The van der Waals surface area contributed by atoms with Crippen molar-refractivity contribution in [3.8, 4) is 22.6 Å². The lowest BCUT2D eigenvalue weighted by Gasteiger charge is -2.11. The summed E-state index contributed by atoms with van der Waals surface area (Å²) < 4.78 is 12.8. The van der Waals surface area contributed by atoms with Gasteiger partial charge in [0.1, 0.15) is 11.5 Å². The second-order valence-electron chi connectivity index (χ2n) is 6.39. The molecule has 2 aromatic rings.